The molecule has 1 aliphatic heterocycles. The minimum Gasteiger partial charge on any atom is -0.469 e. The van der Waals surface area contributed by atoms with Crippen LogP contribution < -0.4 is 0 Å². The van der Waals surface area contributed by atoms with E-state index in [1.165, 1.54) is 0 Å². The van der Waals surface area contributed by atoms with E-state index in [0.29, 0.717) is 0 Å². The van der Waals surface area contributed by atoms with Gasteiger partial charge in [0.1, 0.15) is 5.76 Å². The van der Waals surface area contributed by atoms with Gasteiger partial charge in [0.05, 0.1) is 17.9 Å². The van der Waals surface area contributed by atoms with Gasteiger partial charge in [0.2, 0.25) is 5.91 Å². The molecule has 4 nitrogen and oxygen atoms in total. The summed E-state index contributed by atoms with van der Waals surface area (Å²) in [6, 6.07) is 3.76. The Hall–Kier alpha value is -1.29. The maximum Gasteiger partial charge on any atom is 0.226 e. The van der Waals surface area contributed by atoms with E-state index in [2.05, 4.69) is 0 Å². The van der Waals surface area contributed by atoms with Gasteiger partial charge >= 0.3 is 0 Å². The largest absolute Gasteiger partial charge is 0.469 e. The van der Waals surface area contributed by atoms with Crippen LogP contribution in [0.4, 0.5) is 0 Å². The molecule has 2 heterocycles. The summed E-state index contributed by atoms with van der Waals surface area (Å²) < 4.78 is 5.37. The second-order valence-electron chi connectivity index (χ2n) is 6.31. The van der Waals surface area contributed by atoms with Gasteiger partial charge < -0.3 is 14.4 Å². The number of nitrogens with zero attached hydrogens (tertiary/aromatic N) is 1. The summed E-state index contributed by atoms with van der Waals surface area (Å²) in [5, 5.41) is 10.2. The van der Waals surface area contributed by atoms with Crippen molar-refractivity contribution in [2.75, 3.05) is 6.54 Å². The Morgan fingerprint density at radius 2 is 2.32 bits per heavy atom. The molecule has 0 spiro atoms. The molecule has 0 bridgehead atoms. The lowest BCUT2D eigenvalue weighted by molar-refractivity contribution is -0.138. The highest BCUT2D eigenvalue weighted by Crippen LogP contribution is 2.49. The highest BCUT2D eigenvalue weighted by Gasteiger charge is 2.50. The van der Waals surface area contributed by atoms with E-state index in [-0.39, 0.29) is 23.8 Å². The van der Waals surface area contributed by atoms with Crippen molar-refractivity contribution >= 4 is 5.91 Å². The Labute approximate surface area is 113 Å². The number of likely N-dealkylation sites (tertiary alicyclic amines) is 1. The summed E-state index contributed by atoms with van der Waals surface area (Å²) >= 11 is 0. The van der Waals surface area contributed by atoms with Gasteiger partial charge in [-0.25, -0.2) is 0 Å². The van der Waals surface area contributed by atoms with Crippen molar-refractivity contribution < 1.29 is 14.3 Å². The molecule has 104 valence electrons. The van der Waals surface area contributed by atoms with E-state index in [1.54, 1.807) is 20.1 Å². The zero-order valence-electron chi connectivity index (χ0n) is 11.5. The average Bonchev–Trinajstić information content (AvgIpc) is 2.84. The van der Waals surface area contributed by atoms with Gasteiger partial charge in [-0.3, -0.25) is 4.79 Å². The summed E-state index contributed by atoms with van der Waals surface area (Å²) in [6.07, 6.45) is 4.41. The van der Waals surface area contributed by atoms with Gasteiger partial charge in [-0.05, 0) is 45.2 Å². The fourth-order valence-corrected chi connectivity index (χ4v) is 3.26. The first-order valence-corrected chi connectivity index (χ1v) is 7.05. The number of carbonyl (C=O) groups excluding carboxylic acids is 1. The Bertz CT molecular complexity index is 460. The van der Waals surface area contributed by atoms with Crippen LogP contribution in [0.2, 0.25) is 0 Å². The first-order valence-electron chi connectivity index (χ1n) is 7.05. The monoisotopic (exact) mass is 263 g/mol. The summed E-state index contributed by atoms with van der Waals surface area (Å²) in [7, 11) is 0. The van der Waals surface area contributed by atoms with Crippen molar-refractivity contribution in [3.05, 3.63) is 24.2 Å². The zero-order chi connectivity index (χ0) is 13.6. The van der Waals surface area contributed by atoms with Crippen molar-refractivity contribution in [2.24, 2.45) is 5.92 Å². The number of rotatable bonds is 3. The smallest absolute Gasteiger partial charge is 0.226 e. The SMILES string of the molecule is CC(C)(O)C1CCCN1C(=O)C1CC1c1ccco1. The van der Waals surface area contributed by atoms with Gasteiger partial charge in [0.15, 0.2) is 0 Å². The van der Waals surface area contributed by atoms with Crippen LogP contribution in [0.1, 0.15) is 44.8 Å². The molecule has 0 radical (unpaired) electrons. The summed E-state index contributed by atoms with van der Waals surface area (Å²) in [6.45, 7) is 4.36. The van der Waals surface area contributed by atoms with Crippen molar-refractivity contribution in [2.45, 2.75) is 50.7 Å². The normalized spacial score (nSPS) is 30.7. The standard InChI is InChI=1S/C15H21NO3/c1-15(2,18)13-6-3-7-16(13)14(17)11-9-10(11)12-5-4-8-19-12/h4-5,8,10-11,13,18H,3,6-7,9H2,1-2H3. The van der Waals surface area contributed by atoms with Crippen LogP contribution >= 0.6 is 0 Å². The fraction of sp³-hybridized carbons (Fsp3) is 0.667. The van der Waals surface area contributed by atoms with Crippen LogP contribution in [0.3, 0.4) is 0 Å². The van der Waals surface area contributed by atoms with Crippen LogP contribution in [0.15, 0.2) is 22.8 Å². The minimum absolute atomic E-state index is 0.0437. The molecule has 4 heteroatoms. The average molecular weight is 263 g/mol. The molecule has 19 heavy (non-hydrogen) atoms. The topological polar surface area (TPSA) is 53.7 Å². The molecule has 2 fully saturated rings. The number of amides is 1. The van der Waals surface area contributed by atoms with E-state index < -0.39 is 5.60 Å². The lowest BCUT2D eigenvalue weighted by atomic mass is 9.96. The number of furan rings is 1. The lowest BCUT2D eigenvalue weighted by Gasteiger charge is -2.34. The molecule has 2 aliphatic rings. The Balaban J connectivity index is 1.69. The molecule has 1 aromatic rings. The number of carbonyl (C=O) groups is 1. The zero-order valence-corrected chi connectivity index (χ0v) is 11.5. The van der Waals surface area contributed by atoms with Crippen LogP contribution in [-0.4, -0.2) is 34.1 Å². The predicted molar refractivity (Wildman–Crippen MR) is 70.6 cm³/mol. The first-order chi connectivity index (χ1) is 8.98. The third-order valence-electron chi connectivity index (χ3n) is 4.37. The summed E-state index contributed by atoms with van der Waals surface area (Å²) in [5.41, 5.74) is -0.818. The fourth-order valence-electron chi connectivity index (χ4n) is 3.26. The molecule has 1 saturated carbocycles. The molecule has 1 aliphatic carbocycles. The van der Waals surface area contributed by atoms with Crippen molar-refractivity contribution in [1.82, 2.24) is 4.90 Å². The van der Waals surface area contributed by atoms with E-state index in [0.717, 1.165) is 31.6 Å². The molecule has 3 atom stereocenters. The highest BCUT2D eigenvalue weighted by molar-refractivity contribution is 5.83. The third kappa shape index (κ3) is 2.29. The molecule has 3 rings (SSSR count). The quantitative estimate of drug-likeness (QED) is 0.909. The predicted octanol–water partition coefficient (Wildman–Crippen LogP) is 2.15. The highest BCUT2D eigenvalue weighted by atomic mass is 16.3. The molecular weight excluding hydrogens is 242 g/mol. The first kappa shape index (κ1) is 12.7. The summed E-state index contributed by atoms with van der Waals surface area (Å²) in [5.74, 6) is 1.39. The van der Waals surface area contributed by atoms with Crippen LogP contribution in [-0.2, 0) is 4.79 Å². The van der Waals surface area contributed by atoms with Gasteiger partial charge in [0, 0.05) is 18.4 Å². The van der Waals surface area contributed by atoms with Gasteiger partial charge in [-0.2, -0.15) is 0 Å². The van der Waals surface area contributed by atoms with E-state index >= 15 is 0 Å². The third-order valence-corrected chi connectivity index (χ3v) is 4.37. The van der Waals surface area contributed by atoms with Crippen LogP contribution in [0, 0.1) is 5.92 Å². The maximum atomic E-state index is 12.5. The number of hydrogen-bond acceptors (Lipinski definition) is 3. The molecule has 1 saturated heterocycles. The van der Waals surface area contributed by atoms with E-state index in [4.69, 9.17) is 4.42 Å². The maximum absolute atomic E-state index is 12.5. The molecule has 1 amide bonds. The Morgan fingerprint density at radius 3 is 2.95 bits per heavy atom. The van der Waals surface area contributed by atoms with E-state index in [9.17, 15) is 9.90 Å². The van der Waals surface area contributed by atoms with Gasteiger partial charge in [-0.1, -0.05) is 0 Å². The van der Waals surface area contributed by atoms with Crippen LogP contribution in [0.5, 0.6) is 0 Å². The second-order valence-corrected chi connectivity index (χ2v) is 6.31. The van der Waals surface area contributed by atoms with E-state index in [1.807, 2.05) is 17.0 Å². The second kappa shape index (κ2) is 4.37. The molecule has 3 unspecified atom stereocenters. The molecule has 1 aromatic heterocycles. The lowest BCUT2D eigenvalue weighted by Crippen LogP contribution is -2.48. The minimum atomic E-state index is -0.818. The van der Waals surface area contributed by atoms with Gasteiger partial charge in [-0.15, -0.1) is 0 Å². The van der Waals surface area contributed by atoms with Crippen molar-refractivity contribution in [3.8, 4) is 0 Å². The molecule has 0 aromatic carbocycles. The van der Waals surface area contributed by atoms with Crippen molar-refractivity contribution in [1.29, 1.82) is 0 Å². The van der Waals surface area contributed by atoms with Gasteiger partial charge in [0.25, 0.3) is 0 Å². The Kier molecular flexibility index (Phi) is 2.93. The summed E-state index contributed by atoms with van der Waals surface area (Å²) in [4.78, 5) is 14.4. The number of hydrogen-bond donors (Lipinski definition) is 1. The number of aliphatic hydroxyl groups is 1. The molecular formula is C15H21NO3. The van der Waals surface area contributed by atoms with Crippen molar-refractivity contribution in [3.63, 3.8) is 0 Å². The molecule has 1 N–H and O–H groups in total. The van der Waals surface area contributed by atoms with Crippen LogP contribution in [0.25, 0.3) is 0 Å². The Morgan fingerprint density at radius 1 is 1.53 bits per heavy atom.